The summed E-state index contributed by atoms with van der Waals surface area (Å²) in [5.74, 6) is -1.69. The number of hydrogen-bond donors (Lipinski definition) is 1. The van der Waals surface area contributed by atoms with Gasteiger partial charge >= 0.3 is 5.97 Å². The van der Waals surface area contributed by atoms with Crippen LogP contribution in [-0.4, -0.2) is 41.7 Å². The van der Waals surface area contributed by atoms with E-state index in [9.17, 15) is 19.2 Å². The van der Waals surface area contributed by atoms with Crippen molar-refractivity contribution in [3.63, 3.8) is 0 Å². The summed E-state index contributed by atoms with van der Waals surface area (Å²) in [6, 6.07) is 13.2. The van der Waals surface area contributed by atoms with Crippen LogP contribution in [0.3, 0.4) is 0 Å². The molecule has 3 amide bonds. The minimum absolute atomic E-state index is 0.0454. The van der Waals surface area contributed by atoms with Crippen molar-refractivity contribution in [3.8, 4) is 0 Å². The lowest BCUT2D eigenvalue weighted by atomic mass is 9.97. The molecule has 1 aliphatic carbocycles. The second-order valence-corrected chi connectivity index (χ2v) is 8.23. The summed E-state index contributed by atoms with van der Waals surface area (Å²) in [5.41, 5.74) is 2.99. The van der Waals surface area contributed by atoms with Crippen LogP contribution in [0.5, 0.6) is 0 Å². The van der Waals surface area contributed by atoms with Gasteiger partial charge in [0.1, 0.15) is 0 Å². The Morgan fingerprint density at radius 3 is 2.42 bits per heavy atom. The predicted octanol–water partition coefficient (Wildman–Crippen LogP) is 3.65. The summed E-state index contributed by atoms with van der Waals surface area (Å²) in [5, 5.41) is 2.78. The minimum Gasteiger partial charge on any atom is -0.452 e. The van der Waals surface area contributed by atoms with Crippen molar-refractivity contribution in [2.75, 3.05) is 13.2 Å². The molecule has 0 aromatic heterocycles. The van der Waals surface area contributed by atoms with E-state index in [2.05, 4.69) is 11.4 Å². The Balaban J connectivity index is 1.28. The number of fused-ring (bicyclic) bond motifs is 1. The van der Waals surface area contributed by atoms with Gasteiger partial charge in [-0.1, -0.05) is 35.9 Å². The Morgan fingerprint density at radius 2 is 1.73 bits per heavy atom. The quantitative estimate of drug-likeness (QED) is 0.380. The van der Waals surface area contributed by atoms with Gasteiger partial charge in [-0.3, -0.25) is 19.3 Å². The molecule has 2 aliphatic rings. The fourth-order valence-corrected chi connectivity index (χ4v) is 4.12. The highest BCUT2D eigenvalue weighted by Crippen LogP contribution is 2.24. The van der Waals surface area contributed by atoms with Gasteiger partial charge in [0, 0.05) is 6.54 Å². The third kappa shape index (κ3) is 5.37. The lowest BCUT2D eigenvalue weighted by molar-refractivity contribution is -0.124. The molecule has 1 aliphatic heterocycles. The van der Waals surface area contributed by atoms with Crippen LogP contribution in [0, 0.1) is 0 Å². The molecule has 7 nitrogen and oxygen atoms in total. The van der Waals surface area contributed by atoms with Gasteiger partial charge in [0.15, 0.2) is 6.61 Å². The summed E-state index contributed by atoms with van der Waals surface area (Å²) in [6.45, 7) is 0.211. The van der Waals surface area contributed by atoms with Gasteiger partial charge in [-0.2, -0.15) is 0 Å². The molecule has 0 fully saturated rings. The highest BCUT2D eigenvalue weighted by Gasteiger charge is 2.35. The average Bonchev–Trinajstić information content (AvgIpc) is 3.08. The monoisotopic (exact) mass is 446 g/mol. The van der Waals surface area contributed by atoms with Gasteiger partial charge < -0.3 is 10.1 Å². The zero-order valence-corrected chi connectivity index (χ0v) is 18.3. The molecule has 0 saturated heterocycles. The number of hydrogen-bond acceptors (Lipinski definition) is 5. The van der Waals surface area contributed by atoms with Crippen LogP contribution in [0.1, 0.15) is 68.7 Å². The lowest BCUT2D eigenvalue weighted by Gasteiger charge is -2.14. The predicted molar refractivity (Wildman–Crippen MR) is 122 cm³/mol. The molecule has 0 saturated carbocycles. The van der Waals surface area contributed by atoms with E-state index in [1.165, 1.54) is 18.4 Å². The van der Waals surface area contributed by atoms with E-state index in [1.807, 2.05) is 0 Å². The first kappa shape index (κ1) is 22.5. The van der Waals surface area contributed by atoms with Crippen molar-refractivity contribution in [2.24, 2.45) is 0 Å². The van der Waals surface area contributed by atoms with Gasteiger partial charge in [0.05, 0.1) is 23.2 Å². The number of imide groups is 1. The van der Waals surface area contributed by atoms with Crippen LogP contribution in [-0.2, 0) is 16.1 Å². The van der Waals surface area contributed by atoms with E-state index in [0.29, 0.717) is 23.2 Å². The molecular formula is C26H26N2O5. The van der Waals surface area contributed by atoms with Crippen LogP contribution in [0.25, 0.3) is 0 Å². The SMILES string of the molecule is O=C(COC(=O)c1cccc(CN2C(=O)c3ccccc3C2=O)c1)NCCC1=CCCCC1. The first-order valence-electron chi connectivity index (χ1n) is 11.2. The smallest absolute Gasteiger partial charge is 0.338 e. The van der Waals surface area contributed by atoms with Crippen molar-refractivity contribution in [2.45, 2.75) is 38.6 Å². The zero-order valence-electron chi connectivity index (χ0n) is 18.3. The molecule has 2 aromatic rings. The molecular weight excluding hydrogens is 420 g/mol. The fraction of sp³-hybridized carbons (Fsp3) is 0.308. The fourth-order valence-electron chi connectivity index (χ4n) is 4.12. The second-order valence-electron chi connectivity index (χ2n) is 8.23. The molecule has 0 unspecified atom stereocenters. The van der Waals surface area contributed by atoms with Crippen LogP contribution in [0.2, 0.25) is 0 Å². The minimum atomic E-state index is -0.635. The van der Waals surface area contributed by atoms with E-state index < -0.39 is 5.97 Å². The lowest BCUT2D eigenvalue weighted by Crippen LogP contribution is -2.30. The van der Waals surface area contributed by atoms with E-state index in [1.54, 1.807) is 48.5 Å². The summed E-state index contributed by atoms with van der Waals surface area (Å²) in [7, 11) is 0. The summed E-state index contributed by atoms with van der Waals surface area (Å²) in [4.78, 5) is 50.7. The number of carbonyl (C=O) groups excluding carboxylic acids is 4. The zero-order chi connectivity index (χ0) is 23.2. The van der Waals surface area contributed by atoms with Crippen LogP contribution in [0.4, 0.5) is 0 Å². The van der Waals surface area contributed by atoms with Crippen molar-refractivity contribution >= 4 is 23.7 Å². The molecule has 4 rings (SSSR count). The van der Waals surface area contributed by atoms with Crippen molar-refractivity contribution < 1.29 is 23.9 Å². The number of rotatable bonds is 8. The van der Waals surface area contributed by atoms with Gasteiger partial charge in [-0.15, -0.1) is 0 Å². The number of ether oxygens (including phenoxy) is 1. The first-order valence-corrected chi connectivity index (χ1v) is 11.2. The van der Waals surface area contributed by atoms with E-state index in [0.717, 1.165) is 24.2 Å². The maximum absolute atomic E-state index is 12.6. The van der Waals surface area contributed by atoms with Crippen LogP contribution >= 0.6 is 0 Å². The molecule has 170 valence electrons. The number of benzene rings is 2. The first-order chi connectivity index (χ1) is 16.0. The van der Waals surface area contributed by atoms with Gasteiger partial charge in [0.25, 0.3) is 17.7 Å². The molecule has 0 spiro atoms. The van der Waals surface area contributed by atoms with E-state index >= 15 is 0 Å². The Bertz CT molecular complexity index is 1090. The maximum Gasteiger partial charge on any atom is 0.338 e. The van der Waals surface area contributed by atoms with Crippen molar-refractivity contribution in [1.29, 1.82) is 0 Å². The molecule has 0 radical (unpaired) electrons. The molecule has 1 heterocycles. The molecule has 0 atom stereocenters. The normalized spacial score (nSPS) is 15.2. The number of esters is 1. The van der Waals surface area contributed by atoms with Gasteiger partial charge in [0.2, 0.25) is 0 Å². The number of allylic oxidation sites excluding steroid dienone is 1. The van der Waals surface area contributed by atoms with Crippen LogP contribution in [0.15, 0.2) is 60.2 Å². The number of nitrogens with zero attached hydrogens (tertiary/aromatic N) is 1. The highest BCUT2D eigenvalue weighted by molar-refractivity contribution is 6.21. The van der Waals surface area contributed by atoms with Crippen molar-refractivity contribution in [1.82, 2.24) is 10.2 Å². The molecule has 7 heteroatoms. The Labute approximate surface area is 192 Å². The Kier molecular flexibility index (Phi) is 6.98. The highest BCUT2D eigenvalue weighted by atomic mass is 16.5. The van der Waals surface area contributed by atoms with E-state index in [4.69, 9.17) is 4.74 Å². The van der Waals surface area contributed by atoms with Gasteiger partial charge in [-0.05, 0) is 61.9 Å². The summed E-state index contributed by atoms with van der Waals surface area (Å²) < 4.78 is 5.14. The topological polar surface area (TPSA) is 92.8 Å². The Hall–Kier alpha value is -3.74. The second kappa shape index (κ2) is 10.3. The third-order valence-corrected chi connectivity index (χ3v) is 5.87. The van der Waals surface area contributed by atoms with Crippen molar-refractivity contribution in [3.05, 3.63) is 82.4 Å². The number of amides is 3. The van der Waals surface area contributed by atoms with Gasteiger partial charge in [-0.25, -0.2) is 4.79 Å². The standard InChI is InChI=1S/C26H26N2O5/c29-23(27-14-13-18-7-2-1-3-8-18)17-33-26(32)20-10-6-9-19(15-20)16-28-24(30)21-11-4-5-12-22(21)25(28)31/h4-7,9-12,15H,1-3,8,13-14,16-17H2,(H,27,29). The molecule has 33 heavy (non-hydrogen) atoms. The summed E-state index contributed by atoms with van der Waals surface area (Å²) in [6.07, 6.45) is 7.67. The third-order valence-electron chi connectivity index (χ3n) is 5.87. The van der Waals surface area contributed by atoms with Crippen LogP contribution < -0.4 is 5.32 Å². The van der Waals surface area contributed by atoms with E-state index in [-0.39, 0.29) is 36.4 Å². The number of nitrogens with one attached hydrogen (secondary N) is 1. The largest absolute Gasteiger partial charge is 0.452 e. The summed E-state index contributed by atoms with van der Waals surface area (Å²) >= 11 is 0. The molecule has 2 aromatic carbocycles. The maximum atomic E-state index is 12.6. The molecule has 1 N–H and O–H groups in total. The average molecular weight is 447 g/mol. The number of carbonyl (C=O) groups is 4. The Morgan fingerprint density at radius 1 is 0.970 bits per heavy atom. The molecule has 0 bridgehead atoms.